The zero-order valence-corrected chi connectivity index (χ0v) is 10.5. The van der Waals surface area contributed by atoms with Gasteiger partial charge in [-0.05, 0) is 24.2 Å². The molecule has 2 aliphatic rings. The molecule has 0 amide bonds. The lowest BCUT2D eigenvalue weighted by Gasteiger charge is -2.34. The molecule has 0 aromatic heterocycles. The van der Waals surface area contributed by atoms with Gasteiger partial charge in [-0.2, -0.15) is 0 Å². The number of carbonyl (C=O) groups is 2. The van der Waals surface area contributed by atoms with Crippen LogP contribution in [-0.2, 0) is 9.59 Å². The second kappa shape index (κ2) is 3.06. The minimum atomic E-state index is -0.801. The summed E-state index contributed by atoms with van der Waals surface area (Å²) in [5.74, 6) is -0.418. The Morgan fingerprint density at radius 1 is 1.60 bits per heavy atom. The quantitative estimate of drug-likeness (QED) is 0.786. The van der Waals surface area contributed by atoms with Crippen molar-refractivity contribution in [3.05, 3.63) is 0 Å². The van der Waals surface area contributed by atoms with E-state index in [2.05, 4.69) is 15.9 Å². The van der Waals surface area contributed by atoms with Crippen LogP contribution >= 0.6 is 15.9 Å². The van der Waals surface area contributed by atoms with Crippen LogP contribution in [0.4, 0.5) is 0 Å². The number of fused-ring (bicyclic) bond motifs is 2. The number of ketones is 1. The molecule has 0 aromatic rings. The molecule has 4 heteroatoms. The molecule has 0 aromatic carbocycles. The first-order chi connectivity index (χ1) is 6.83. The smallest absolute Gasteiger partial charge is 0.303 e. The van der Waals surface area contributed by atoms with E-state index in [4.69, 9.17) is 5.11 Å². The van der Waals surface area contributed by atoms with Gasteiger partial charge in [0.05, 0.1) is 11.2 Å². The number of carboxylic acid groups (broad SMARTS) is 1. The number of rotatable bonds is 2. The van der Waals surface area contributed by atoms with E-state index in [1.165, 1.54) is 0 Å². The Kier molecular flexibility index (Phi) is 2.27. The van der Waals surface area contributed by atoms with Gasteiger partial charge in [0.25, 0.3) is 0 Å². The van der Waals surface area contributed by atoms with E-state index in [0.29, 0.717) is 0 Å². The number of halogens is 1. The van der Waals surface area contributed by atoms with Crippen molar-refractivity contribution in [3.8, 4) is 0 Å². The summed E-state index contributed by atoms with van der Waals surface area (Å²) in [6, 6.07) is 0. The van der Waals surface area contributed by atoms with Gasteiger partial charge >= 0.3 is 5.97 Å². The van der Waals surface area contributed by atoms with E-state index >= 15 is 0 Å². The molecule has 0 unspecified atom stereocenters. The zero-order valence-electron chi connectivity index (χ0n) is 8.92. The van der Waals surface area contributed by atoms with E-state index in [0.717, 1.165) is 12.8 Å². The van der Waals surface area contributed by atoms with Crippen molar-refractivity contribution >= 4 is 27.7 Å². The first-order valence-electron chi connectivity index (χ1n) is 5.23. The van der Waals surface area contributed by atoms with E-state index in [1.54, 1.807) is 0 Å². The Labute approximate surface area is 97.4 Å². The number of alkyl halides is 1. The van der Waals surface area contributed by atoms with Crippen molar-refractivity contribution in [1.82, 2.24) is 0 Å². The maximum absolute atomic E-state index is 12.0. The average molecular weight is 275 g/mol. The molecule has 2 bridgehead atoms. The van der Waals surface area contributed by atoms with Gasteiger partial charge in [0.2, 0.25) is 0 Å². The Morgan fingerprint density at radius 2 is 2.20 bits per heavy atom. The fourth-order valence-electron chi connectivity index (χ4n) is 3.46. The van der Waals surface area contributed by atoms with E-state index in [9.17, 15) is 9.59 Å². The number of hydrogen-bond acceptors (Lipinski definition) is 2. The van der Waals surface area contributed by atoms with Gasteiger partial charge in [-0.1, -0.05) is 29.8 Å². The van der Waals surface area contributed by atoms with Crippen LogP contribution in [0.25, 0.3) is 0 Å². The van der Waals surface area contributed by atoms with E-state index in [1.807, 2.05) is 13.8 Å². The lowest BCUT2D eigenvalue weighted by atomic mass is 9.67. The highest BCUT2D eigenvalue weighted by Gasteiger charge is 2.68. The average Bonchev–Trinajstić information content (AvgIpc) is 2.42. The predicted octanol–water partition coefficient (Wildman–Crippen LogP) is 2.23. The zero-order chi connectivity index (χ0) is 11.4. The van der Waals surface area contributed by atoms with Crippen molar-refractivity contribution in [3.63, 3.8) is 0 Å². The van der Waals surface area contributed by atoms with Crippen LogP contribution in [0, 0.1) is 16.7 Å². The van der Waals surface area contributed by atoms with E-state index < -0.39 is 11.4 Å². The van der Waals surface area contributed by atoms with Gasteiger partial charge in [-0.25, -0.2) is 0 Å². The minimum Gasteiger partial charge on any atom is -0.481 e. The Hall–Kier alpha value is -0.380. The third kappa shape index (κ3) is 1.17. The summed E-state index contributed by atoms with van der Waals surface area (Å²) >= 11 is 3.42. The molecule has 0 heterocycles. The lowest BCUT2D eigenvalue weighted by Crippen LogP contribution is -2.37. The van der Waals surface area contributed by atoms with Gasteiger partial charge in [-0.15, -0.1) is 0 Å². The van der Waals surface area contributed by atoms with Crippen molar-refractivity contribution in [2.45, 2.75) is 37.9 Å². The van der Waals surface area contributed by atoms with Crippen LogP contribution in [-0.4, -0.2) is 21.7 Å². The van der Waals surface area contributed by atoms with Crippen molar-refractivity contribution in [2.75, 3.05) is 0 Å². The molecule has 84 valence electrons. The standard InChI is InChI=1S/C11H15BrO3/c1-10-4-3-6(8(12)9(10)15)11(10,2)5-7(13)14/h6,8H,3-5H2,1-2H3,(H,13,14)/t6-,8+,10+,11-/m1/s1. The first-order valence-corrected chi connectivity index (χ1v) is 6.15. The summed E-state index contributed by atoms with van der Waals surface area (Å²) in [6.45, 7) is 3.89. The molecular formula is C11H15BrO3. The molecule has 15 heavy (non-hydrogen) atoms. The molecule has 0 radical (unpaired) electrons. The normalized spacial score (nSPS) is 48.6. The summed E-state index contributed by atoms with van der Waals surface area (Å²) < 4.78 is 0. The second-order valence-corrected chi connectivity index (χ2v) is 6.22. The largest absolute Gasteiger partial charge is 0.481 e. The molecule has 3 nitrogen and oxygen atoms in total. The number of Topliss-reactive ketones (excluding diaryl/α,β-unsaturated/α-hetero) is 1. The SMILES string of the molecule is C[C@]12CC[C@H]([C@H](Br)C1=O)[C@@]2(C)CC(=O)O. The third-order valence-electron chi connectivity index (χ3n) is 4.70. The van der Waals surface area contributed by atoms with Crippen LogP contribution in [0.2, 0.25) is 0 Å². The molecule has 2 rings (SSSR count). The van der Waals surface area contributed by atoms with Crippen LogP contribution in [0.3, 0.4) is 0 Å². The van der Waals surface area contributed by atoms with Crippen LogP contribution in [0.1, 0.15) is 33.1 Å². The Balaban J connectivity index is 2.42. The van der Waals surface area contributed by atoms with Crippen molar-refractivity contribution in [1.29, 1.82) is 0 Å². The molecule has 2 saturated carbocycles. The highest BCUT2D eigenvalue weighted by Crippen LogP contribution is 2.66. The van der Waals surface area contributed by atoms with Gasteiger partial charge in [0.15, 0.2) is 5.78 Å². The number of carbonyl (C=O) groups excluding carboxylic acids is 1. The van der Waals surface area contributed by atoms with Gasteiger partial charge in [0, 0.05) is 5.41 Å². The minimum absolute atomic E-state index is 0.0992. The molecule has 2 fully saturated rings. The lowest BCUT2D eigenvalue weighted by molar-refractivity contribution is -0.142. The summed E-state index contributed by atoms with van der Waals surface area (Å²) in [6.07, 6.45) is 1.90. The maximum Gasteiger partial charge on any atom is 0.303 e. The van der Waals surface area contributed by atoms with Crippen molar-refractivity contribution in [2.24, 2.45) is 16.7 Å². The predicted molar refractivity (Wildman–Crippen MR) is 58.9 cm³/mol. The third-order valence-corrected chi connectivity index (χ3v) is 5.75. The fraction of sp³-hybridized carbons (Fsp3) is 0.818. The van der Waals surface area contributed by atoms with Crippen LogP contribution < -0.4 is 0 Å². The second-order valence-electron chi connectivity index (χ2n) is 5.23. The molecule has 0 spiro atoms. The molecule has 0 saturated heterocycles. The highest BCUT2D eigenvalue weighted by atomic mass is 79.9. The summed E-state index contributed by atoms with van der Waals surface area (Å²) in [5.41, 5.74) is -0.811. The van der Waals surface area contributed by atoms with Crippen molar-refractivity contribution < 1.29 is 14.7 Å². The topological polar surface area (TPSA) is 54.4 Å². The van der Waals surface area contributed by atoms with E-state index in [-0.39, 0.29) is 28.4 Å². The molecule has 4 atom stereocenters. The van der Waals surface area contributed by atoms with Crippen LogP contribution in [0.5, 0.6) is 0 Å². The molecule has 1 N–H and O–H groups in total. The summed E-state index contributed by atoms with van der Waals surface area (Å²) in [5, 5.41) is 8.96. The molecular weight excluding hydrogens is 260 g/mol. The summed E-state index contributed by atoms with van der Waals surface area (Å²) in [4.78, 5) is 22.8. The molecule has 0 aliphatic heterocycles. The van der Waals surface area contributed by atoms with Gasteiger partial charge in [-0.3, -0.25) is 9.59 Å². The summed E-state index contributed by atoms with van der Waals surface area (Å²) in [7, 11) is 0. The Morgan fingerprint density at radius 3 is 2.60 bits per heavy atom. The monoisotopic (exact) mass is 274 g/mol. The maximum atomic E-state index is 12.0. The fourth-order valence-corrected chi connectivity index (χ4v) is 4.81. The Bertz CT molecular complexity index is 341. The number of aliphatic carboxylic acids is 1. The van der Waals surface area contributed by atoms with Gasteiger partial charge < -0.3 is 5.11 Å². The highest BCUT2D eigenvalue weighted by molar-refractivity contribution is 9.10. The number of carboxylic acids is 1. The van der Waals surface area contributed by atoms with Gasteiger partial charge in [0.1, 0.15) is 0 Å². The number of hydrogen-bond donors (Lipinski definition) is 1. The van der Waals surface area contributed by atoms with Crippen LogP contribution in [0.15, 0.2) is 0 Å². The first kappa shape index (κ1) is 11.1. The molecule has 2 aliphatic carbocycles.